The fraction of sp³-hybridized carbons (Fsp3) is 0.500. The second-order valence-corrected chi connectivity index (χ2v) is 5.56. The van der Waals surface area contributed by atoms with Crippen molar-refractivity contribution in [3.8, 4) is 0 Å². The van der Waals surface area contributed by atoms with Gasteiger partial charge in [-0.2, -0.15) is 0 Å². The molecule has 19 heavy (non-hydrogen) atoms. The molecule has 2 aliphatic rings. The molecular weight excluding hydrogens is 244 g/mol. The molecule has 0 amide bonds. The summed E-state index contributed by atoms with van der Waals surface area (Å²) < 4.78 is 0. The van der Waals surface area contributed by atoms with E-state index < -0.39 is 5.97 Å². The van der Waals surface area contributed by atoms with Gasteiger partial charge in [0.05, 0.1) is 17.4 Å². The number of aromatic carboxylic acids is 1. The number of carboxylic acid groups (broad SMARTS) is 1. The van der Waals surface area contributed by atoms with Crippen molar-refractivity contribution in [3.05, 3.63) is 23.8 Å². The van der Waals surface area contributed by atoms with E-state index >= 15 is 0 Å². The molecule has 3 unspecified atom stereocenters. The maximum absolute atomic E-state index is 11.3. The molecule has 0 spiro atoms. The third kappa shape index (κ3) is 2.04. The van der Waals surface area contributed by atoms with Crippen LogP contribution in [0.25, 0.3) is 0 Å². The maximum Gasteiger partial charge on any atom is 0.337 e. The van der Waals surface area contributed by atoms with E-state index in [4.69, 9.17) is 5.73 Å². The largest absolute Gasteiger partial charge is 0.478 e. The van der Waals surface area contributed by atoms with Crippen molar-refractivity contribution in [1.29, 1.82) is 0 Å². The number of fused-ring (bicyclic) bond motifs is 1. The molecule has 1 aliphatic carbocycles. The zero-order chi connectivity index (χ0) is 13.6. The topological polar surface area (TPSA) is 86.8 Å². The maximum atomic E-state index is 11.3. The van der Waals surface area contributed by atoms with Gasteiger partial charge in [-0.1, -0.05) is 0 Å². The van der Waals surface area contributed by atoms with E-state index in [-0.39, 0.29) is 17.6 Å². The molecule has 102 valence electrons. The van der Waals surface area contributed by atoms with Crippen LogP contribution in [0.3, 0.4) is 0 Å². The van der Waals surface area contributed by atoms with Gasteiger partial charge < -0.3 is 20.8 Å². The lowest BCUT2D eigenvalue weighted by molar-refractivity contribution is 0.0697. The number of nitrogens with two attached hydrogens (primary N) is 1. The van der Waals surface area contributed by atoms with Crippen LogP contribution in [0.15, 0.2) is 18.2 Å². The zero-order valence-corrected chi connectivity index (χ0v) is 10.6. The Morgan fingerprint density at radius 2 is 2.11 bits per heavy atom. The third-order valence-electron chi connectivity index (χ3n) is 4.41. The summed E-state index contributed by atoms with van der Waals surface area (Å²) in [7, 11) is 0. The quantitative estimate of drug-likeness (QED) is 0.697. The Kier molecular flexibility index (Phi) is 2.86. The van der Waals surface area contributed by atoms with Crippen molar-refractivity contribution < 1.29 is 15.0 Å². The van der Waals surface area contributed by atoms with Gasteiger partial charge in [0.2, 0.25) is 0 Å². The third-order valence-corrected chi connectivity index (χ3v) is 4.41. The normalized spacial score (nSPS) is 29.5. The average molecular weight is 262 g/mol. The number of anilines is 2. The highest BCUT2D eigenvalue weighted by atomic mass is 16.4. The Bertz CT molecular complexity index is 517. The lowest BCUT2D eigenvalue weighted by Crippen LogP contribution is -2.26. The van der Waals surface area contributed by atoms with Crippen molar-refractivity contribution in [3.63, 3.8) is 0 Å². The summed E-state index contributed by atoms with van der Waals surface area (Å²) in [5, 5.41) is 19.2. The van der Waals surface area contributed by atoms with Gasteiger partial charge in [-0.3, -0.25) is 0 Å². The Morgan fingerprint density at radius 3 is 2.79 bits per heavy atom. The molecule has 5 heteroatoms. The Balaban J connectivity index is 1.90. The van der Waals surface area contributed by atoms with Crippen molar-refractivity contribution >= 4 is 17.3 Å². The minimum absolute atomic E-state index is 0.239. The van der Waals surface area contributed by atoms with Crippen LogP contribution in [0.5, 0.6) is 0 Å². The van der Waals surface area contributed by atoms with Gasteiger partial charge in [0.1, 0.15) is 0 Å². The van der Waals surface area contributed by atoms with Crippen LogP contribution in [0.4, 0.5) is 11.4 Å². The minimum Gasteiger partial charge on any atom is -0.478 e. The predicted molar refractivity (Wildman–Crippen MR) is 72.2 cm³/mol. The molecule has 1 saturated heterocycles. The lowest BCUT2D eigenvalue weighted by Gasteiger charge is -2.22. The van der Waals surface area contributed by atoms with Crippen LogP contribution < -0.4 is 10.6 Å². The monoisotopic (exact) mass is 262 g/mol. The molecule has 0 aromatic heterocycles. The van der Waals surface area contributed by atoms with Gasteiger partial charge in [0.15, 0.2) is 0 Å². The first-order valence-electron chi connectivity index (χ1n) is 6.62. The molecule has 4 N–H and O–H groups in total. The van der Waals surface area contributed by atoms with E-state index in [1.165, 1.54) is 6.07 Å². The summed E-state index contributed by atoms with van der Waals surface area (Å²) in [6.07, 6.45) is 1.66. The molecule has 1 aromatic rings. The number of benzene rings is 1. The number of rotatable bonds is 2. The number of aliphatic hydroxyl groups excluding tert-OH is 1. The first-order valence-corrected chi connectivity index (χ1v) is 6.62. The predicted octanol–water partition coefficient (Wildman–Crippen LogP) is 1.17. The summed E-state index contributed by atoms with van der Waals surface area (Å²) in [6.45, 7) is 1.56. The molecule has 3 atom stereocenters. The van der Waals surface area contributed by atoms with Gasteiger partial charge in [-0.25, -0.2) is 4.79 Å². The van der Waals surface area contributed by atoms with Gasteiger partial charge in [0, 0.05) is 24.7 Å². The fourth-order valence-electron chi connectivity index (χ4n) is 3.43. The van der Waals surface area contributed by atoms with Crippen LogP contribution in [0.1, 0.15) is 23.2 Å². The lowest BCUT2D eigenvalue weighted by atomic mass is 10.00. The standard InChI is InChI=1S/C14H18N2O3/c15-9-2-3-12(10(5-9)14(18)19)16-6-8-1-4-13(17)11(8)7-16/h2-3,5,8,11,13,17H,1,4,6-7,15H2,(H,18,19). The van der Waals surface area contributed by atoms with E-state index in [0.717, 1.165) is 25.9 Å². The second-order valence-electron chi connectivity index (χ2n) is 5.56. The molecular formula is C14H18N2O3. The summed E-state index contributed by atoms with van der Waals surface area (Å²) in [4.78, 5) is 13.4. The average Bonchev–Trinajstić information content (AvgIpc) is 2.92. The van der Waals surface area contributed by atoms with E-state index in [0.29, 0.717) is 17.3 Å². The zero-order valence-electron chi connectivity index (χ0n) is 10.6. The van der Waals surface area contributed by atoms with Gasteiger partial charge >= 0.3 is 5.97 Å². The summed E-state index contributed by atoms with van der Waals surface area (Å²) >= 11 is 0. The number of nitrogens with zero attached hydrogens (tertiary/aromatic N) is 1. The number of aliphatic hydroxyl groups is 1. The van der Waals surface area contributed by atoms with Crippen LogP contribution in [-0.2, 0) is 0 Å². The molecule has 0 bridgehead atoms. The molecule has 5 nitrogen and oxygen atoms in total. The van der Waals surface area contributed by atoms with E-state index in [2.05, 4.69) is 4.90 Å². The highest BCUT2D eigenvalue weighted by molar-refractivity contribution is 5.95. The first-order chi connectivity index (χ1) is 9.06. The Labute approximate surface area is 111 Å². The van der Waals surface area contributed by atoms with Crippen molar-refractivity contribution in [2.75, 3.05) is 23.7 Å². The summed E-state index contributed by atoms with van der Waals surface area (Å²) in [6, 6.07) is 5.00. The summed E-state index contributed by atoms with van der Waals surface area (Å²) in [5.41, 5.74) is 7.07. The van der Waals surface area contributed by atoms with Gasteiger partial charge in [0.25, 0.3) is 0 Å². The van der Waals surface area contributed by atoms with Crippen molar-refractivity contribution in [2.24, 2.45) is 11.8 Å². The van der Waals surface area contributed by atoms with E-state index in [1.807, 2.05) is 0 Å². The van der Waals surface area contributed by atoms with Crippen LogP contribution in [-0.4, -0.2) is 35.4 Å². The number of hydrogen-bond acceptors (Lipinski definition) is 4. The molecule has 1 saturated carbocycles. The molecule has 1 aromatic carbocycles. The first kappa shape index (κ1) is 12.3. The van der Waals surface area contributed by atoms with E-state index in [1.54, 1.807) is 12.1 Å². The summed E-state index contributed by atoms with van der Waals surface area (Å²) in [5.74, 6) is -0.201. The minimum atomic E-state index is -0.958. The number of nitrogen functional groups attached to an aromatic ring is 1. The van der Waals surface area contributed by atoms with Crippen molar-refractivity contribution in [2.45, 2.75) is 18.9 Å². The number of hydrogen-bond donors (Lipinski definition) is 3. The molecule has 1 heterocycles. The highest BCUT2D eigenvalue weighted by Crippen LogP contribution is 2.40. The molecule has 1 aliphatic heterocycles. The Hall–Kier alpha value is -1.75. The Morgan fingerprint density at radius 1 is 1.32 bits per heavy atom. The molecule has 0 radical (unpaired) electrons. The van der Waals surface area contributed by atoms with Crippen molar-refractivity contribution in [1.82, 2.24) is 0 Å². The highest BCUT2D eigenvalue weighted by Gasteiger charge is 2.42. The second kappa shape index (κ2) is 4.42. The van der Waals surface area contributed by atoms with Gasteiger partial charge in [-0.15, -0.1) is 0 Å². The van der Waals surface area contributed by atoms with Crippen LogP contribution in [0.2, 0.25) is 0 Å². The molecule has 2 fully saturated rings. The van der Waals surface area contributed by atoms with Crippen LogP contribution in [0, 0.1) is 11.8 Å². The SMILES string of the molecule is Nc1ccc(N2CC3CCC(O)C3C2)c(C(=O)O)c1. The smallest absolute Gasteiger partial charge is 0.337 e. The number of carboxylic acids is 1. The number of carbonyl (C=O) groups is 1. The van der Waals surface area contributed by atoms with Crippen LogP contribution >= 0.6 is 0 Å². The molecule has 3 rings (SSSR count). The van der Waals surface area contributed by atoms with Gasteiger partial charge in [-0.05, 0) is 37.0 Å². The van der Waals surface area contributed by atoms with E-state index in [9.17, 15) is 15.0 Å². The fourth-order valence-corrected chi connectivity index (χ4v) is 3.43.